The first-order valence-electron chi connectivity index (χ1n) is 8.98. The van der Waals surface area contributed by atoms with Gasteiger partial charge in [-0.05, 0) is 44.7 Å². The van der Waals surface area contributed by atoms with Gasteiger partial charge in [-0.3, -0.25) is 4.89 Å². The van der Waals surface area contributed by atoms with Gasteiger partial charge in [0.25, 0.3) is 0 Å². The predicted molar refractivity (Wildman–Crippen MR) is 94.4 cm³/mol. The molecule has 0 aromatic heterocycles. The lowest BCUT2D eigenvalue weighted by Crippen LogP contribution is -2.25. The van der Waals surface area contributed by atoms with Crippen molar-refractivity contribution in [1.82, 2.24) is 0 Å². The van der Waals surface area contributed by atoms with Crippen LogP contribution in [0.15, 0.2) is 24.3 Å². The number of rotatable bonds is 11. The molecule has 0 aliphatic rings. The quantitative estimate of drug-likeness (QED) is 0.291. The summed E-state index contributed by atoms with van der Waals surface area (Å²) in [6.45, 7) is 8.04. The minimum absolute atomic E-state index is 0.395. The molecule has 0 heterocycles. The second kappa shape index (κ2) is 10.4. The van der Waals surface area contributed by atoms with Gasteiger partial charge in [-0.15, -0.1) is 0 Å². The third-order valence-corrected chi connectivity index (χ3v) is 4.23. The van der Waals surface area contributed by atoms with Crippen LogP contribution in [0.25, 0.3) is 0 Å². The molecule has 3 nitrogen and oxygen atoms in total. The van der Waals surface area contributed by atoms with Gasteiger partial charge in [-0.2, -0.15) is 4.89 Å². The normalized spacial score (nSPS) is 11.5. The van der Waals surface area contributed by atoms with Crippen molar-refractivity contribution in [3.63, 3.8) is 0 Å². The number of hydrogen-bond donors (Lipinski definition) is 0. The van der Waals surface area contributed by atoms with E-state index < -0.39 is 11.6 Å². The van der Waals surface area contributed by atoms with Gasteiger partial charge in [0, 0.05) is 0 Å². The monoisotopic (exact) mass is 320 g/mol. The molecule has 23 heavy (non-hydrogen) atoms. The van der Waals surface area contributed by atoms with Crippen LogP contribution in [0.2, 0.25) is 0 Å². The summed E-state index contributed by atoms with van der Waals surface area (Å²) in [6, 6.07) is 7.66. The van der Waals surface area contributed by atoms with Crippen LogP contribution >= 0.6 is 0 Å². The Hall–Kier alpha value is -1.35. The molecule has 130 valence electrons. The molecule has 0 radical (unpaired) electrons. The van der Waals surface area contributed by atoms with E-state index in [1.165, 1.54) is 32.1 Å². The van der Waals surface area contributed by atoms with Gasteiger partial charge in [-0.1, -0.05) is 64.2 Å². The Kier molecular flexibility index (Phi) is 8.93. The minimum Gasteiger partial charge on any atom is -0.292 e. The van der Waals surface area contributed by atoms with Crippen LogP contribution in [0.3, 0.4) is 0 Å². The molecule has 0 N–H and O–H groups in total. The first kappa shape index (κ1) is 19.7. The molecule has 1 aromatic rings. The highest BCUT2D eigenvalue weighted by molar-refractivity contribution is 5.90. The summed E-state index contributed by atoms with van der Waals surface area (Å²) < 4.78 is 0. The van der Waals surface area contributed by atoms with E-state index in [4.69, 9.17) is 9.78 Å². The molecule has 0 amide bonds. The summed E-state index contributed by atoms with van der Waals surface area (Å²) in [6.07, 6.45) is 9.16. The second-order valence-corrected chi connectivity index (χ2v) is 6.74. The number of carbonyl (C=O) groups excluding carboxylic acids is 1. The average molecular weight is 320 g/mol. The van der Waals surface area contributed by atoms with Crippen molar-refractivity contribution < 1.29 is 14.6 Å². The zero-order chi connectivity index (χ0) is 17.1. The Bertz CT molecular complexity index is 466. The molecule has 1 rings (SSSR count). The van der Waals surface area contributed by atoms with Crippen molar-refractivity contribution >= 4 is 5.97 Å². The van der Waals surface area contributed by atoms with E-state index in [9.17, 15) is 4.79 Å². The van der Waals surface area contributed by atoms with Crippen molar-refractivity contribution in [3.8, 4) is 0 Å². The smallest absolute Gasteiger partial charge is 0.292 e. The highest BCUT2D eigenvalue weighted by Gasteiger charge is 2.21. The van der Waals surface area contributed by atoms with Crippen molar-refractivity contribution in [2.75, 3.05) is 0 Å². The van der Waals surface area contributed by atoms with E-state index in [2.05, 4.69) is 6.92 Å². The molecule has 1 aromatic carbocycles. The van der Waals surface area contributed by atoms with E-state index in [0.717, 1.165) is 24.8 Å². The van der Waals surface area contributed by atoms with Gasteiger partial charge < -0.3 is 0 Å². The molecule has 0 bridgehead atoms. The molecular weight excluding hydrogens is 288 g/mol. The summed E-state index contributed by atoms with van der Waals surface area (Å²) in [5.74, 6) is -0.395. The van der Waals surface area contributed by atoms with Crippen LogP contribution in [0.5, 0.6) is 0 Å². The average Bonchev–Trinajstić information content (AvgIpc) is 2.56. The van der Waals surface area contributed by atoms with E-state index in [1.807, 2.05) is 45.0 Å². The number of hydrogen-bond acceptors (Lipinski definition) is 3. The summed E-state index contributed by atoms with van der Waals surface area (Å²) >= 11 is 0. The summed E-state index contributed by atoms with van der Waals surface area (Å²) in [7, 11) is 0. The SMILES string of the molecule is CCCCCCCCc1ccccc1C(=O)OOC(C)(C)CC. The Morgan fingerprint density at radius 3 is 2.35 bits per heavy atom. The summed E-state index contributed by atoms with van der Waals surface area (Å²) in [4.78, 5) is 22.6. The van der Waals surface area contributed by atoms with Gasteiger partial charge in [0.15, 0.2) is 0 Å². The predicted octanol–water partition coefficient (Wildman–Crippen LogP) is 5.87. The van der Waals surface area contributed by atoms with E-state index >= 15 is 0 Å². The fourth-order valence-corrected chi connectivity index (χ4v) is 2.29. The second-order valence-electron chi connectivity index (χ2n) is 6.74. The maximum Gasteiger partial charge on any atom is 0.373 e. The van der Waals surface area contributed by atoms with Crippen molar-refractivity contribution in [2.24, 2.45) is 0 Å². The third-order valence-electron chi connectivity index (χ3n) is 4.23. The lowest BCUT2D eigenvalue weighted by atomic mass is 10.0. The Labute approximate surface area is 141 Å². The van der Waals surface area contributed by atoms with Crippen LogP contribution in [0.4, 0.5) is 0 Å². The van der Waals surface area contributed by atoms with E-state index in [0.29, 0.717) is 5.56 Å². The van der Waals surface area contributed by atoms with Gasteiger partial charge >= 0.3 is 5.97 Å². The molecule has 0 fully saturated rings. The molecule has 0 saturated heterocycles. The largest absolute Gasteiger partial charge is 0.373 e. The van der Waals surface area contributed by atoms with E-state index in [-0.39, 0.29) is 0 Å². The topological polar surface area (TPSA) is 35.5 Å². The highest BCUT2D eigenvalue weighted by Crippen LogP contribution is 2.18. The Balaban J connectivity index is 2.51. The lowest BCUT2D eigenvalue weighted by molar-refractivity contribution is -0.307. The van der Waals surface area contributed by atoms with Crippen LogP contribution in [0.1, 0.15) is 88.6 Å². The van der Waals surface area contributed by atoms with Crippen LogP contribution < -0.4 is 0 Å². The van der Waals surface area contributed by atoms with Crippen molar-refractivity contribution in [2.45, 2.75) is 84.7 Å². The van der Waals surface area contributed by atoms with Crippen molar-refractivity contribution in [1.29, 1.82) is 0 Å². The molecule has 0 unspecified atom stereocenters. The van der Waals surface area contributed by atoms with Crippen molar-refractivity contribution in [3.05, 3.63) is 35.4 Å². The fraction of sp³-hybridized carbons (Fsp3) is 0.650. The number of carbonyl (C=O) groups is 1. The maximum absolute atomic E-state index is 12.3. The van der Waals surface area contributed by atoms with Crippen LogP contribution in [-0.2, 0) is 16.2 Å². The number of benzene rings is 1. The number of unbranched alkanes of at least 4 members (excludes halogenated alkanes) is 5. The molecule has 0 aliphatic carbocycles. The first-order valence-corrected chi connectivity index (χ1v) is 8.98. The fourth-order valence-electron chi connectivity index (χ4n) is 2.29. The Morgan fingerprint density at radius 1 is 1.00 bits per heavy atom. The van der Waals surface area contributed by atoms with E-state index in [1.54, 1.807) is 0 Å². The van der Waals surface area contributed by atoms with Crippen LogP contribution in [-0.4, -0.2) is 11.6 Å². The van der Waals surface area contributed by atoms with Gasteiger partial charge in [-0.25, -0.2) is 4.79 Å². The van der Waals surface area contributed by atoms with Gasteiger partial charge in [0.2, 0.25) is 0 Å². The Morgan fingerprint density at radius 2 is 1.65 bits per heavy atom. The minimum atomic E-state index is -0.454. The number of aryl methyl sites for hydroxylation is 1. The molecule has 0 aliphatic heterocycles. The van der Waals surface area contributed by atoms with Crippen LogP contribution in [0, 0.1) is 0 Å². The molecule has 3 heteroatoms. The molecule has 0 saturated carbocycles. The standard InChI is InChI=1S/C20H32O3/c1-5-7-8-9-10-11-14-17-15-12-13-16-18(17)19(21)22-23-20(3,4)6-2/h12-13,15-16H,5-11,14H2,1-4H3. The third kappa shape index (κ3) is 7.65. The molecule has 0 atom stereocenters. The lowest BCUT2D eigenvalue weighted by Gasteiger charge is -2.20. The zero-order valence-corrected chi connectivity index (χ0v) is 15.2. The summed E-state index contributed by atoms with van der Waals surface area (Å²) in [5, 5.41) is 0. The molecular formula is C20H32O3. The first-order chi connectivity index (χ1) is 11.0. The highest BCUT2D eigenvalue weighted by atomic mass is 17.2. The maximum atomic E-state index is 12.3. The van der Waals surface area contributed by atoms with Gasteiger partial charge in [0.1, 0.15) is 5.60 Å². The van der Waals surface area contributed by atoms with Gasteiger partial charge in [0.05, 0.1) is 5.56 Å². The molecule has 0 spiro atoms. The zero-order valence-electron chi connectivity index (χ0n) is 15.2. The summed E-state index contributed by atoms with van der Waals surface area (Å²) in [5.41, 5.74) is 1.21.